The Labute approximate surface area is 111 Å². The number of rotatable bonds is 5. The largest absolute Gasteiger partial charge is 0.497 e. The van der Waals surface area contributed by atoms with Gasteiger partial charge in [-0.3, -0.25) is 4.79 Å². The van der Waals surface area contributed by atoms with E-state index in [4.69, 9.17) is 4.74 Å². The summed E-state index contributed by atoms with van der Waals surface area (Å²) in [5.74, 6) is 0.752. The normalized spacial score (nSPS) is 13.9. The summed E-state index contributed by atoms with van der Waals surface area (Å²) < 4.78 is 4.55. The van der Waals surface area contributed by atoms with Gasteiger partial charge in [-0.2, -0.15) is 0 Å². The standard InChI is InChI=1S/C13H18BrNO2/c1-4-9-13(2,14)12(16)15-10-5-7-11(17-3)8-6-10/h5-8H,4,9H2,1-3H3,(H,15,16). The van der Waals surface area contributed by atoms with E-state index >= 15 is 0 Å². The van der Waals surface area contributed by atoms with Crippen LogP contribution in [0.25, 0.3) is 0 Å². The second kappa shape index (κ2) is 6.05. The number of ether oxygens (including phenoxy) is 1. The lowest BCUT2D eigenvalue weighted by Gasteiger charge is -2.20. The van der Waals surface area contributed by atoms with Gasteiger partial charge in [-0.15, -0.1) is 0 Å². The number of amides is 1. The van der Waals surface area contributed by atoms with Gasteiger partial charge in [0, 0.05) is 5.69 Å². The van der Waals surface area contributed by atoms with Crippen LogP contribution in [0.3, 0.4) is 0 Å². The average molecular weight is 300 g/mol. The van der Waals surface area contributed by atoms with Gasteiger partial charge in [-0.25, -0.2) is 0 Å². The van der Waals surface area contributed by atoms with E-state index in [-0.39, 0.29) is 5.91 Å². The van der Waals surface area contributed by atoms with Gasteiger partial charge in [0.05, 0.1) is 7.11 Å². The molecule has 0 aliphatic carbocycles. The van der Waals surface area contributed by atoms with E-state index in [2.05, 4.69) is 28.2 Å². The SMILES string of the molecule is CCCC(C)(Br)C(=O)Nc1ccc(OC)cc1. The first-order valence-corrected chi connectivity index (χ1v) is 6.43. The van der Waals surface area contributed by atoms with Crippen LogP contribution in [0.4, 0.5) is 5.69 Å². The summed E-state index contributed by atoms with van der Waals surface area (Å²) in [5.41, 5.74) is 0.776. The molecule has 1 N–H and O–H groups in total. The first-order chi connectivity index (χ1) is 7.99. The maximum atomic E-state index is 12.0. The minimum atomic E-state index is -0.512. The maximum Gasteiger partial charge on any atom is 0.240 e. The van der Waals surface area contributed by atoms with E-state index in [0.29, 0.717) is 0 Å². The van der Waals surface area contributed by atoms with Gasteiger partial charge >= 0.3 is 0 Å². The second-order valence-electron chi connectivity index (χ2n) is 4.13. The summed E-state index contributed by atoms with van der Waals surface area (Å²) in [6.45, 7) is 3.94. The molecule has 1 aromatic rings. The monoisotopic (exact) mass is 299 g/mol. The smallest absolute Gasteiger partial charge is 0.240 e. The third kappa shape index (κ3) is 4.04. The van der Waals surface area contributed by atoms with Gasteiger partial charge in [0.1, 0.15) is 10.1 Å². The summed E-state index contributed by atoms with van der Waals surface area (Å²) in [6.07, 6.45) is 1.76. The lowest BCUT2D eigenvalue weighted by Crippen LogP contribution is -2.34. The third-order valence-electron chi connectivity index (χ3n) is 2.54. The minimum absolute atomic E-state index is 0.0236. The number of alkyl halides is 1. The molecule has 3 nitrogen and oxygen atoms in total. The zero-order valence-corrected chi connectivity index (χ0v) is 12.0. The zero-order chi connectivity index (χ0) is 12.9. The van der Waals surface area contributed by atoms with E-state index in [9.17, 15) is 4.79 Å². The van der Waals surface area contributed by atoms with Crippen LogP contribution in [-0.4, -0.2) is 17.3 Å². The molecule has 1 rings (SSSR count). The molecule has 0 heterocycles. The molecule has 4 heteroatoms. The van der Waals surface area contributed by atoms with E-state index < -0.39 is 4.32 Å². The van der Waals surface area contributed by atoms with Crippen molar-refractivity contribution in [2.75, 3.05) is 12.4 Å². The lowest BCUT2D eigenvalue weighted by molar-refractivity contribution is -0.118. The molecule has 0 aliphatic heterocycles. The Morgan fingerprint density at radius 2 is 2.00 bits per heavy atom. The molecular formula is C13H18BrNO2. The molecule has 17 heavy (non-hydrogen) atoms. The Morgan fingerprint density at radius 3 is 2.47 bits per heavy atom. The van der Waals surface area contributed by atoms with Gasteiger partial charge in [-0.1, -0.05) is 29.3 Å². The van der Waals surface area contributed by atoms with Crippen molar-refractivity contribution < 1.29 is 9.53 Å². The Balaban J connectivity index is 2.67. The maximum absolute atomic E-state index is 12.0. The number of halogens is 1. The molecule has 0 bridgehead atoms. The predicted molar refractivity (Wildman–Crippen MR) is 73.9 cm³/mol. The number of carbonyl (C=O) groups excluding carboxylic acids is 1. The van der Waals surface area contributed by atoms with Crippen LogP contribution in [0.15, 0.2) is 24.3 Å². The van der Waals surface area contributed by atoms with Gasteiger partial charge in [0.25, 0.3) is 0 Å². The second-order valence-corrected chi connectivity index (χ2v) is 5.88. The van der Waals surface area contributed by atoms with E-state index in [1.807, 2.05) is 31.2 Å². The highest BCUT2D eigenvalue weighted by atomic mass is 79.9. The fraction of sp³-hybridized carbons (Fsp3) is 0.462. The highest BCUT2D eigenvalue weighted by molar-refractivity contribution is 9.10. The average Bonchev–Trinajstić information content (AvgIpc) is 2.30. The first-order valence-electron chi connectivity index (χ1n) is 5.64. The minimum Gasteiger partial charge on any atom is -0.497 e. The first kappa shape index (κ1) is 14.0. The van der Waals surface area contributed by atoms with Crippen molar-refractivity contribution in [2.45, 2.75) is 31.0 Å². The molecule has 1 atom stereocenters. The lowest BCUT2D eigenvalue weighted by atomic mass is 10.1. The molecule has 1 aromatic carbocycles. The van der Waals surface area contributed by atoms with Crippen molar-refractivity contribution in [1.82, 2.24) is 0 Å². The topological polar surface area (TPSA) is 38.3 Å². The molecule has 0 aromatic heterocycles. The summed E-state index contributed by atoms with van der Waals surface area (Å²) in [5, 5.41) is 2.88. The summed E-state index contributed by atoms with van der Waals surface area (Å²) >= 11 is 3.46. The van der Waals surface area contributed by atoms with Crippen LogP contribution in [0.2, 0.25) is 0 Å². The van der Waals surface area contributed by atoms with Crippen LogP contribution in [0, 0.1) is 0 Å². The highest BCUT2D eigenvalue weighted by Gasteiger charge is 2.28. The fourth-order valence-electron chi connectivity index (χ4n) is 1.52. The third-order valence-corrected chi connectivity index (χ3v) is 3.30. The van der Waals surface area contributed by atoms with Gasteiger partial charge in [-0.05, 0) is 37.6 Å². The summed E-state index contributed by atoms with van der Waals surface area (Å²) in [7, 11) is 1.62. The Morgan fingerprint density at radius 1 is 1.41 bits per heavy atom. The van der Waals surface area contributed by atoms with Gasteiger partial charge in [0.15, 0.2) is 0 Å². The van der Waals surface area contributed by atoms with Crippen LogP contribution in [-0.2, 0) is 4.79 Å². The number of benzene rings is 1. The van der Waals surface area contributed by atoms with Crippen molar-refractivity contribution in [3.05, 3.63) is 24.3 Å². The quantitative estimate of drug-likeness (QED) is 0.844. The number of anilines is 1. The summed E-state index contributed by atoms with van der Waals surface area (Å²) in [6, 6.07) is 7.29. The molecular weight excluding hydrogens is 282 g/mol. The molecule has 0 aliphatic rings. The number of carbonyl (C=O) groups is 1. The number of methoxy groups -OCH3 is 1. The van der Waals surface area contributed by atoms with Gasteiger partial charge in [0.2, 0.25) is 5.91 Å². The number of nitrogens with one attached hydrogen (secondary N) is 1. The zero-order valence-electron chi connectivity index (χ0n) is 10.4. The van der Waals surface area contributed by atoms with Crippen LogP contribution in [0.1, 0.15) is 26.7 Å². The molecule has 0 saturated heterocycles. The molecule has 1 unspecified atom stereocenters. The predicted octanol–water partition coefficient (Wildman–Crippen LogP) is 3.59. The summed E-state index contributed by atoms with van der Waals surface area (Å²) in [4.78, 5) is 12.0. The Bertz CT molecular complexity index is 374. The van der Waals surface area contributed by atoms with Crippen molar-refractivity contribution >= 4 is 27.5 Å². The van der Waals surface area contributed by atoms with E-state index in [0.717, 1.165) is 24.3 Å². The van der Waals surface area contributed by atoms with Crippen LogP contribution >= 0.6 is 15.9 Å². The van der Waals surface area contributed by atoms with Crippen LogP contribution in [0.5, 0.6) is 5.75 Å². The molecule has 0 saturated carbocycles. The molecule has 0 spiro atoms. The molecule has 94 valence electrons. The van der Waals surface area contributed by atoms with E-state index in [1.165, 1.54) is 0 Å². The van der Waals surface area contributed by atoms with Crippen molar-refractivity contribution in [2.24, 2.45) is 0 Å². The number of hydrogen-bond donors (Lipinski definition) is 1. The van der Waals surface area contributed by atoms with Crippen molar-refractivity contribution in [1.29, 1.82) is 0 Å². The Kier molecular flexibility index (Phi) is 5.00. The Hall–Kier alpha value is -1.03. The molecule has 0 radical (unpaired) electrons. The highest BCUT2D eigenvalue weighted by Crippen LogP contribution is 2.26. The number of hydrogen-bond acceptors (Lipinski definition) is 2. The van der Waals surface area contributed by atoms with Crippen molar-refractivity contribution in [3.63, 3.8) is 0 Å². The van der Waals surface area contributed by atoms with Gasteiger partial charge < -0.3 is 10.1 Å². The van der Waals surface area contributed by atoms with Crippen molar-refractivity contribution in [3.8, 4) is 5.75 Å². The van der Waals surface area contributed by atoms with Crippen LogP contribution < -0.4 is 10.1 Å². The fourth-order valence-corrected chi connectivity index (χ4v) is 2.01. The molecule has 0 fully saturated rings. The van der Waals surface area contributed by atoms with E-state index in [1.54, 1.807) is 7.11 Å². The molecule has 1 amide bonds.